The van der Waals surface area contributed by atoms with Crippen LogP contribution in [0, 0.1) is 6.54 Å². The van der Waals surface area contributed by atoms with Gasteiger partial charge in [0.25, 0.3) is 0 Å². The first kappa shape index (κ1) is 21.2. The average Bonchev–Trinajstić information content (AvgIpc) is 2.51. The molecule has 2 nitrogen and oxygen atoms in total. The first-order valence-electron chi connectivity index (χ1n) is 9.53. The van der Waals surface area contributed by atoms with Crippen molar-refractivity contribution in [2.45, 2.75) is 104 Å². The molecule has 0 aliphatic heterocycles. The van der Waals surface area contributed by atoms with Gasteiger partial charge in [0.05, 0.1) is 0 Å². The number of rotatable bonds is 16. The molecule has 0 aliphatic carbocycles. The van der Waals surface area contributed by atoms with Crippen LogP contribution in [0.4, 0.5) is 0 Å². The summed E-state index contributed by atoms with van der Waals surface area (Å²) in [4.78, 5) is 11.2. The molecule has 0 aromatic rings. The van der Waals surface area contributed by atoms with Gasteiger partial charge in [-0.05, 0) is 39.0 Å². The van der Waals surface area contributed by atoms with Crippen LogP contribution < -0.4 is 5.32 Å². The highest BCUT2D eigenvalue weighted by Gasteiger charge is 1.98. The molecule has 0 spiro atoms. The predicted molar refractivity (Wildman–Crippen MR) is 97.6 cm³/mol. The van der Waals surface area contributed by atoms with Crippen molar-refractivity contribution < 1.29 is 4.79 Å². The van der Waals surface area contributed by atoms with Crippen LogP contribution in [0.3, 0.4) is 0 Å². The highest BCUT2D eigenvalue weighted by Crippen LogP contribution is 2.09. The van der Waals surface area contributed by atoms with E-state index in [0.29, 0.717) is 6.42 Å². The van der Waals surface area contributed by atoms with Gasteiger partial charge in [-0.1, -0.05) is 70.4 Å². The van der Waals surface area contributed by atoms with Gasteiger partial charge in [-0.15, -0.1) is 0 Å². The van der Waals surface area contributed by atoms with Gasteiger partial charge >= 0.3 is 0 Å². The van der Waals surface area contributed by atoms with E-state index in [0.717, 1.165) is 6.42 Å². The molecular formula is C20H38NO. The topological polar surface area (TPSA) is 29.1 Å². The fraction of sp³-hybridized carbons (Fsp3) is 0.800. The number of carbonyl (C=O) groups excluding carboxylic acids is 1. The zero-order valence-corrected chi connectivity index (χ0v) is 15.0. The number of hydrogen-bond acceptors (Lipinski definition) is 1. The Morgan fingerprint density at radius 2 is 1.27 bits per heavy atom. The molecule has 0 bridgehead atoms. The molecule has 1 radical (unpaired) electrons. The maximum absolute atomic E-state index is 11.2. The zero-order valence-electron chi connectivity index (χ0n) is 15.0. The molecule has 0 saturated carbocycles. The average molecular weight is 309 g/mol. The van der Waals surface area contributed by atoms with E-state index in [-0.39, 0.29) is 5.91 Å². The lowest BCUT2D eigenvalue weighted by Gasteiger charge is -2.01. The fourth-order valence-electron chi connectivity index (χ4n) is 2.59. The molecule has 1 amide bonds. The third kappa shape index (κ3) is 17.3. The molecule has 0 aromatic heterocycles. The summed E-state index contributed by atoms with van der Waals surface area (Å²) in [5.74, 6) is 0.153. The van der Waals surface area contributed by atoms with Crippen LogP contribution in [-0.2, 0) is 4.79 Å². The van der Waals surface area contributed by atoms with Gasteiger partial charge in [-0.3, -0.25) is 4.79 Å². The van der Waals surface area contributed by atoms with Gasteiger partial charge in [0.1, 0.15) is 0 Å². The molecular weight excluding hydrogens is 270 g/mol. The smallest absolute Gasteiger partial charge is 0.220 e. The van der Waals surface area contributed by atoms with E-state index in [4.69, 9.17) is 0 Å². The first-order chi connectivity index (χ1) is 10.8. The van der Waals surface area contributed by atoms with Crippen LogP contribution >= 0.6 is 0 Å². The minimum absolute atomic E-state index is 0.153. The minimum atomic E-state index is 0.153. The van der Waals surface area contributed by atoms with Gasteiger partial charge < -0.3 is 5.32 Å². The number of hydrogen-bond donors (Lipinski definition) is 1. The van der Waals surface area contributed by atoms with Gasteiger partial charge in [0, 0.05) is 13.0 Å². The van der Waals surface area contributed by atoms with E-state index in [1.165, 1.54) is 77.0 Å². The van der Waals surface area contributed by atoms with E-state index in [2.05, 4.69) is 24.4 Å². The molecule has 0 heterocycles. The normalized spacial score (nSPS) is 11.2. The van der Waals surface area contributed by atoms with Gasteiger partial charge in [0.2, 0.25) is 5.91 Å². The number of carbonyl (C=O) groups is 1. The van der Waals surface area contributed by atoms with Crippen molar-refractivity contribution in [1.82, 2.24) is 5.32 Å². The maximum Gasteiger partial charge on any atom is 0.220 e. The van der Waals surface area contributed by atoms with Crippen molar-refractivity contribution >= 4 is 5.91 Å². The second kappa shape index (κ2) is 18.3. The van der Waals surface area contributed by atoms with Gasteiger partial charge in [-0.25, -0.2) is 0 Å². The minimum Gasteiger partial charge on any atom is -0.352 e. The Labute approximate surface area is 139 Å². The van der Waals surface area contributed by atoms with Crippen molar-refractivity contribution in [3.05, 3.63) is 18.7 Å². The SMILES string of the molecule is C[CH]NC(=O)CCCCCCC/C=C\CCCCCCCC. The number of allylic oxidation sites excluding steroid dienone is 2. The first-order valence-corrected chi connectivity index (χ1v) is 9.53. The van der Waals surface area contributed by atoms with Crippen molar-refractivity contribution in [3.8, 4) is 0 Å². The van der Waals surface area contributed by atoms with Crippen LogP contribution in [-0.4, -0.2) is 5.91 Å². The Morgan fingerprint density at radius 3 is 1.82 bits per heavy atom. The lowest BCUT2D eigenvalue weighted by Crippen LogP contribution is -2.18. The summed E-state index contributed by atoms with van der Waals surface area (Å²) in [6.07, 6.45) is 22.2. The molecule has 2 heteroatoms. The van der Waals surface area contributed by atoms with E-state index in [1.807, 2.05) is 6.92 Å². The van der Waals surface area contributed by atoms with Crippen molar-refractivity contribution in [2.24, 2.45) is 0 Å². The summed E-state index contributed by atoms with van der Waals surface area (Å²) >= 11 is 0. The molecule has 0 atom stereocenters. The molecule has 0 aliphatic rings. The summed E-state index contributed by atoms with van der Waals surface area (Å²) in [7, 11) is 0. The molecule has 1 N–H and O–H groups in total. The molecule has 0 saturated heterocycles. The van der Waals surface area contributed by atoms with Crippen molar-refractivity contribution in [1.29, 1.82) is 0 Å². The lowest BCUT2D eigenvalue weighted by atomic mass is 10.1. The maximum atomic E-state index is 11.2. The van der Waals surface area contributed by atoms with E-state index in [1.54, 1.807) is 6.54 Å². The lowest BCUT2D eigenvalue weighted by molar-refractivity contribution is -0.120. The second-order valence-electron chi connectivity index (χ2n) is 6.19. The third-order valence-corrected chi connectivity index (χ3v) is 3.97. The molecule has 22 heavy (non-hydrogen) atoms. The van der Waals surface area contributed by atoms with Crippen molar-refractivity contribution in [2.75, 3.05) is 0 Å². The third-order valence-electron chi connectivity index (χ3n) is 3.97. The largest absolute Gasteiger partial charge is 0.352 e. The van der Waals surface area contributed by atoms with Crippen LogP contribution in [0.2, 0.25) is 0 Å². The van der Waals surface area contributed by atoms with Crippen molar-refractivity contribution in [3.63, 3.8) is 0 Å². The standard InChI is InChI=1S/C20H38NO/c1-3-5-6-7-8-9-10-11-12-13-14-15-16-17-18-19-20(22)21-4-2/h4,11-12H,3,5-10,13-19H2,1-2H3,(H,21,22)/b12-11-. The van der Waals surface area contributed by atoms with Crippen LogP contribution in [0.25, 0.3) is 0 Å². The Balaban J connectivity index is 3.12. The summed E-state index contributed by atoms with van der Waals surface area (Å²) in [5, 5.41) is 2.72. The summed E-state index contributed by atoms with van der Waals surface area (Å²) in [5.41, 5.74) is 0. The Hall–Kier alpha value is -0.790. The number of amides is 1. The van der Waals surface area contributed by atoms with E-state index < -0.39 is 0 Å². The molecule has 0 aromatic carbocycles. The van der Waals surface area contributed by atoms with Crippen LogP contribution in [0.5, 0.6) is 0 Å². The van der Waals surface area contributed by atoms with Crippen LogP contribution in [0.15, 0.2) is 12.2 Å². The number of unbranched alkanes of at least 4 members (excludes halogenated alkanes) is 11. The second-order valence-corrected chi connectivity index (χ2v) is 6.19. The monoisotopic (exact) mass is 308 g/mol. The van der Waals surface area contributed by atoms with Gasteiger partial charge in [-0.2, -0.15) is 0 Å². The molecule has 0 fully saturated rings. The Morgan fingerprint density at radius 1 is 0.773 bits per heavy atom. The summed E-state index contributed by atoms with van der Waals surface area (Å²) in [6.45, 7) is 5.82. The highest BCUT2D eigenvalue weighted by molar-refractivity contribution is 5.76. The number of nitrogens with one attached hydrogen (secondary N) is 1. The highest BCUT2D eigenvalue weighted by atomic mass is 16.1. The van der Waals surface area contributed by atoms with E-state index in [9.17, 15) is 4.79 Å². The fourth-order valence-corrected chi connectivity index (χ4v) is 2.59. The summed E-state index contributed by atoms with van der Waals surface area (Å²) in [6, 6.07) is 0. The van der Waals surface area contributed by atoms with Gasteiger partial charge in [0.15, 0.2) is 0 Å². The molecule has 129 valence electrons. The Bertz CT molecular complexity index is 260. The predicted octanol–water partition coefficient (Wildman–Crippen LogP) is 6.32. The zero-order chi connectivity index (χ0) is 16.3. The van der Waals surface area contributed by atoms with E-state index >= 15 is 0 Å². The van der Waals surface area contributed by atoms with Crippen LogP contribution in [0.1, 0.15) is 104 Å². The molecule has 0 unspecified atom stereocenters. The Kier molecular flexibility index (Phi) is 17.6. The summed E-state index contributed by atoms with van der Waals surface area (Å²) < 4.78 is 0. The molecule has 0 rings (SSSR count). The quantitative estimate of drug-likeness (QED) is 0.262.